The van der Waals surface area contributed by atoms with E-state index in [1.165, 1.54) is 6.92 Å². The molecule has 0 radical (unpaired) electrons. The highest BCUT2D eigenvalue weighted by Gasteiger charge is 2.44. The highest BCUT2D eigenvalue weighted by molar-refractivity contribution is 6.02. The third kappa shape index (κ3) is 3.47. The molecule has 1 fully saturated rings. The zero-order valence-electron chi connectivity index (χ0n) is 14.5. The number of halogens is 2. The summed E-state index contributed by atoms with van der Waals surface area (Å²) in [6, 6.07) is 0.726. The first-order chi connectivity index (χ1) is 11.4. The molecule has 2 amide bonds. The second-order valence-corrected chi connectivity index (χ2v) is 6.96. The van der Waals surface area contributed by atoms with Crippen molar-refractivity contribution in [2.45, 2.75) is 45.7 Å². The summed E-state index contributed by atoms with van der Waals surface area (Å²) in [5.74, 6) is -3.25. The largest absolute Gasteiger partial charge is 0.465 e. The number of hydrogen-bond acceptors (Lipinski definition) is 3. The average molecular weight is 354 g/mol. The molecule has 0 bridgehead atoms. The third-order valence-corrected chi connectivity index (χ3v) is 4.11. The van der Waals surface area contributed by atoms with Crippen LogP contribution in [-0.4, -0.2) is 45.9 Å². The number of ketones is 1. The Balaban J connectivity index is 2.40. The number of carbonyl (C=O) groups is 3. The van der Waals surface area contributed by atoms with E-state index in [-0.39, 0.29) is 18.5 Å². The van der Waals surface area contributed by atoms with Crippen molar-refractivity contribution in [1.29, 1.82) is 0 Å². The van der Waals surface area contributed by atoms with Crippen molar-refractivity contribution in [3.05, 3.63) is 29.3 Å². The Bertz CT molecular complexity index is 720. The van der Waals surface area contributed by atoms with Crippen LogP contribution in [0, 0.1) is 11.6 Å². The lowest BCUT2D eigenvalue weighted by atomic mass is 10.0. The minimum atomic E-state index is -1.28. The van der Waals surface area contributed by atoms with Crippen molar-refractivity contribution in [1.82, 2.24) is 4.90 Å². The third-order valence-electron chi connectivity index (χ3n) is 4.11. The molecule has 0 saturated carbocycles. The number of nitrogens with zero attached hydrogens (tertiary/aromatic N) is 2. The highest BCUT2D eigenvalue weighted by atomic mass is 19.1. The molecule has 136 valence electrons. The number of benzene rings is 1. The first-order valence-corrected chi connectivity index (χ1v) is 7.78. The lowest BCUT2D eigenvalue weighted by Crippen LogP contribution is -2.54. The summed E-state index contributed by atoms with van der Waals surface area (Å²) in [5.41, 5.74) is -1.54. The van der Waals surface area contributed by atoms with Crippen LogP contribution in [-0.2, 0) is 4.79 Å². The van der Waals surface area contributed by atoms with Gasteiger partial charge in [-0.1, -0.05) is 0 Å². The van der Waals surface area contributed by atoms with Gasteiger partial charge in [0.1, 0.15) is 11.7 Å². The van der Waals surface area contributed by atoms with Crippen LogP contribution in [0.25, 0.3) is 0 Å². The van der Waals surface area contributed by atoms with E-state index < -0.39 is 46.7 Å². The molecule has 1 heterocycles. The summed E-state index contributed by atoms with van der Waals surface area (Å²) in [5, 5.41) is 9.42. The van der Waals surface area contributed by atoms with Gasteiger partial charge in [-0.05, 0) is 46.2 Å². The number of carboxylic acid groups (broad SMARTS) is 1. The van der Waals surface area contributed by atoms with Crippen molar-refractivity contribution in [2.75, 3.05) is 11.4 Å². The van der Waals surface area contributed by atoms with Gasteiger partial charge in [0.25, 0.3) is 0 Å². The van der Waals surface area contributed by atoms with Gasteiger partial charge in [0, 0.05) is 17.6 Å². The van der Waals surface area contributed by atoms with Gasteiger partial charge in [-0.15, -0.1) is 0 Å². The Morgan fingerprint density at radius 2 is 1.76 bits per heavy atom. The van der Waals surface area contributed by atoms with Gasteiger partial charge in [-0.25, -0.2) is 13.6 Å². The molecule has 1 aliphatic rings. The van der Waals surface area contributed by atoms with Gasteiger partial charge < -0.3 is 10.0 Å². The zero-order chi connectivity index (χ0) is 19.1. The number of amides is 2. The number of anilines is 1. The highest BCUT2D eigenvalue weighted by Crippen LogP contribution is 2.32. The van der Waals surface area contributed by atoms with E-state index in [9.17, 15) is 28.3 Å². The molecule has 1 N–H and O–H groups in total. The maximum atomic E-state index is 14.3. The average Bonchev–Trinajstić information content (AvgIpc) is 2.78. The molecule has 8 heteroatoms. The molecular weight excluding hydrogens is 334 g/mol. The number of Topliss-reactive ketones (excluding diaryl/α,β-unsaturated/α-hetero) is 1. The SMILES string of the molecule is CC(=O)c1cc(F)c(N2CCC(N(C(=O)O)C(C)(C)C)C2=O)c(F)c1. The van der Waals surface area contributed by atoms with E-state index in [0.29, 0.717) is 0 Å². The first kappa shape index (κ1) is 18.8. The summed E-state index contributed by atoms with van der Waals surface area (Å²) >= 11 is 0. The molecule has 1 atom stereocenters. The van der Waals surface area contributed by atoms with Crippen molar-refractivity contribution in [2.24, 2.45) is 0 Å². The monoisotopic (exact) mass is 354 g/mol. The molecule has 1 aliphatic heterocycles. The molecular formula is C17H20F2N2O4. The van der Waals surface area contributed by atoms with Crippen LogP contribution in [0.2, 0.25) is 0 Å². The van der Waals surface area contributed by atoms with Gasteiger partial charge in [0.15, 0.2) is 17.4 Å². The fraction of sp³-hybridized carbons (Fsp3) is 0.471. The van der Waals surface area contributed by atoms with Crippen LogP contribution < -0.4 is 4.90 Å². The Morgan fingerprint density at radius 3 is 2.16 bits per heavy atom. The van der Waals surface area contributed by atoms with Crippen LogP contribution in [0.1, 0.15) is 44.5 Å². The van der Waals surface area contributed by atoms with Gasteiger partial charge in [0.05, 0.1) is 0 Å². The second kappa shape index (κ2) is 6.42. The van der Waals surface area contributed by atoms with E-state index in [0.717, 1.165) is 21.9 Å². The fourth-order valence-electron chi connectivity index (χ4n) is 3.04. The maximum Gasteiger partial charge on any atom is 0.408 e. The maximum absolute atomic E-state index is 14.3. The normalized spacial score (nSPS) is 17.8. The van der Waals surface area contributed by atoms with E-state index in [1.54, 1.807) is 20.8 Å². The van der Waals surface area contributed by atoms with Crippen LogP contribution in [0.15, 0.2) is 12.1 Å². The summed E-state index contributed by atoms with van der Waals surface area (Å²) < 4.78 is 28.6. The van der Waals surface area contributed by atoms with Crippen LogP contribution in [0.5, 0.6) is 0 Å². The fourth-order valence-corrected chi connectivity index (χ4v) is 3.04. The van der Waals surface area contributed by atoms with Gasteiger partial charge in [-0.3, -0.25) is 14.5 Å². The molecule has 1 saturated heterocycles. The lowest BCUT2D eigenvalue weighted by Gasteiger charge is -2.36. The van der Waals surface area contributed by atoms with E-state index >= 15 is 0 Å². The minimum absolute atomic E-state index is 0.0172. The Hall–Kier alpha value is -2.51. The molecule has 1 unspecified atom stereocenters. The lowest BCUT2D eigenvalue weighted by molar-refractivity contribution is -0.122. The smallest absolute Gasteiger partial charge is 0.408 e. The van der Waals surface area contributed by atoms with Crippen molar-refractivity contribution >= 4 is 23.5 Å². The van der Waals surface area contributed by atoms with Gasteiger partial charge in [-0.2, -0.15) is 0 Å². The second-order valence-electron chi connectivity index (χ2n) is 6.96. The van der Waals surface area contributed by atoms with Crippen molar-refractivity contribution < 1.29 is 28.3 Å². The van der Waals surface area contributed by atoms with E-state index in [1.807, 2.05) is 0 Å². The topological polar surface area (TPSA) is 77.9 Å². The molecule has 25 heavy (non-hydrogen) atoms. The molecule has 0 aromatic heterocycles. The Labute approximate surface area is 144 Å². The van der Waals surface area contributed by atoms with E-state index in [2.05, 4.69) is 0 Å². The Kier molecular flexibility index (Phi) is 4.83. The summed E-state index contributed by atoms with van der Waals surface area (Å²) in [6.07, 6.45) is -1.16. The number of rotatable bonds is 3. The molecule has 6 nitrogen and oxygen atoms in total. The van der Waals surface area contributed by atoms with Crippen molar-refractivity contribution in [3.8, 4) is 0 Å². The molecule has 0 aliphatic carbocycles. The number of hydrogen-bond donors (Lipinski definition) is 1. The standard InChI is InChI=1S/C17H20F2N2O4/c1-9(22)10-7-11(18)14(12(19)8-10)20-6-5-13(15(20)23)21(16(24)25)17(2,3)4/h7-8,13H,5-6H2,1-4H3,(H,24,25). The number of carbonyl (C=O) groups excluding carboxylic acids is 2. The first-order valence-electron chi connectivity index (χ1n) is 7.78. The summed E-state index contributed by atoms with van der Waals surface area (Å²) in [7, 11) is 0. The predicted molar refractivity (Wildman–Crippen MR) is 86.7 cm³/mol. The molecule has 0 spiro atoms. The summed E-state index contributed by atoms with van der Waals surface area (Å²) in [4.78, 5) is 37.4. The minimum Gasteiger partial charge on any atom is -0.465 e. The van der Waals surface area contributed by atoms with Gasteiger partial charge >= 0.3 is 6.09 Å². The van der Waals surface area contributed by atoms with Crippen LogP contribution in [0.3, 0.4) is 0 Å². The molecule has 1 aromatic rings. The van der Waals surface area contributed by atoms with E-state index in [4.69, 9.17) is 0 Å². The molecule has 1 aromatic carbocycles. The van der Waals surface area contributed by atoms with Crippen LogP contribution in [0.4, 0.5) is 19.3 Å². The quantitative estimate of drug-likeness (QED) is 0.847. The van der Waals surface area contributed by atoms with Crippen LogP contribution >= 0.6 is 0 Å². The Morgan fingerprint density at radius 1 is 1.24 bits per heavy atom. The summed E-state index contributed by atoms with van der Waals surface area (Å²) in [6.45, 7) is 6.08. The predicted octanol–water partition coefficient (Wildman–Crippen LogP) is 3.05. The molecule has 2 rings (SSSR count). The van der Waals surface area contributed by atoms with Gasteiger partial charge in [0.2, 0.25) is 5.91 Å². The van der Waals surface area contributed by atoms with Crippen molar-refractivity contribution in [3.63, 3.8) is 0 Å². The zero-order valence-corrected chi connectivity index (χ0v) is 14.5.